The molecule has 0 fully saturated rings. The van der Waals surface area contributed by atoms with Crippen LogP contribution in [0.5, 0.6) is 23.0 Å². The van der Waals surface area contributed by atoms with Gasteiger partial charge in [0.15, 0.2) is 0 Å². The third kappa shape index (κ3) is 11.0. The number of hydrogen-bond acceptors (Lipinski definition) is 6. The molecule has 0 saturated heterocycles. The van der Waals surface area contributed by atoms with Gasteiger partial charge in [0.25, 0.3) is 23.6 Å². The Morgan fingerprint density at radius 1 is 0.553 bits per heavy atom. The topological polar surface area (TPSA) is 93.2 Å². The van der Waals surface area contributed by atoms with Crippen molar-refractivity contribution >= 4 is 66.7 Å². The molecule has 4 amide bonds. The summed E-state index contributed by atoms with van der Waals surface area (Å²) in [4.78, 5) is 66.1. The summed E-state index contributed by atoms with van der Waals surface area (Å²) in [6.07, 6.45) is 16.1. The van der Waals surface area contributed by atoms with Crippen LogP contribution in [0.25, 0.3) is 43.1 Å². The molecule has 0 spiro atoms. The van der Waals surface area contributed by atoms with E-state index in [-0.39, 0.29) is 57.2 Å². The normalized spacial score (nSPS) is 17.6. The largest absolute Gasteiger partial charge is 0.457 e. The van der Waals surface area contributed by atoms with Gasteiger partial charge in [0, 0.05) is 49.4 Å². The number of carbonyl (C=O) groups excluding carboxylic acids is 4. The minimum atomic E-state index is -0.517. The monoisotopic (exact) mass is 1140 g/mol. The zero-order chi connectivity index (χ0) is 61.7. The van der Waals surface area contributed by atoms with E-state index in [2.05, 4.69) is 167 Å². The van der Waals surface area contributed by atoms with Gasteiger partial charge in [0.1, 0.15) is 23.0 Å². The number of fused-ring (bicyclic) bond motifs is 2. The van der Waals surface area contributed by atoms with Crippen molar-refractivity contribution in [2.75, 3.05) is 0 Å². The standard InChI is InChI=1S/C77H88N2O6/c1-20-21-23-51(44(4)5)60(38-43(2)3)78-70(80)56-36-34-54-66-62(85-50-32-28-48(29-33-50)77(18,19)42-75(13,14)15)40-59-64-57(71(81)79(73(59)83)69-52(45(6)7)24-22-25-53(69)46(8)9)37-35-55(68(64)66)65-61(39-58(72(78)82)63(56)67(54)65)84-49-30-26-47(27-31-49)76(16,17)41-74(10,11)12/h20-40,43-46,52,69H,41-42H2,1-19H3/b21-20-,51-23-,60-38?. The number of benzene rings is 7. The lowest BCUT2D eigenvalue weighted by atomic mass is 9.72. The second-order valence-electron chi connectivity index (χ2n) is 29.4. The molecule has 7 aromatic carbocycles. The van der Waals surface area contributed by atoms with Gasteiger partial charge in [-0.2, -0.15) is 0 Å². The molecule has 2 unspecified atom stereocenters. The average Bonchev–Trinajstić information content (AvgIpc) is 0.698. The van der Waals surface area contributed by atoms with Crippen LogP contribution in [0.15, 0.2) is 144 Å². The maximum Gasteiger partial charge on any atom is 0.266 e. The van der Waals surface area contributed by atoms with Crippen molar-refractivity contribution < 1.29 is 28.7 Å². The summed E-state index contributed by atoms with van der Waals surface area (Å²) in [5.74, 6) is 0.305. The van der Waals surface area contributed by atoms with Crippen molar-refractivity contribution in [1.82, 2.24) is 9.80 Å². The van der Waals surface area contributed by atoms with Gasteiger partial charge in [-0.15, -0.1) is 0 Å². The van der Waals surface area contributed by atoms with Crippen LogP contribution in [-0.4, -0.2) is 39.5 Å². The number of ether oxygens (including phenoxy) is 2. The van der Waals surface area contributed by atoms with Crippen LogP contribution in [0, 0.1) is 40.4 Å². The number of amides is 4. The van der Waals surface area contributed by atoms with E-state index in [4.69, 9.17) is 9.47 Å². The first kappa shape index (κ1) is 60.5. The minimum Gasteiger partial charge on any atom is -0.457 e. The third-order valence-electron chi connectivity index (χ3n) is 17.6. The van der Waals surface area contributed by atoms with Gasteiger partial charge in [-0.1, -0.05) is 204 Å². The predicted octanol–water partition coefficient (Wildman–Crippen LogP) is 20.4. The van der Waals surface area contributed by atoms with Crippen molar-refractivity contribution in [3.8, 4) is 23.0 Å². The first-order valence-corrected chi connectivity index (χ1v) is 30.9. The molecule has 0 aromatic heterocycles. The Bertz CT molecular complexity index is 4010. The van der Waals surface area contributed by atoms with Crippen molar-refractivity contribution in [2.24, 2.45) is 40.4 Å². The number of hydrogen-bond donors (Lipinski definition) is 0. The summed E-state index contributed by atoms with van der Waals surface area (Å²) in [6, 6.07) is 27.2. The van der Waals surface area contributed by atoms with Gasteiger partial charge < -0.3 is 9.47 Å². The van der Waals surface area contributed by atoms with Crippen LogP contribution in [0.1, 0.15) is 197 Å². The van der Waals surface area contributed by atoms with E-state index >= 15 is 19.2 Å². The van der Waals surface area contributed by atoms with Gasteiger partial charge >= 0.3 is 0 Å². The minimum absolute atomic E-state index is 0.00530. The molecular weight excluding hydrogens is 1050 g/mol. The highest BCUT2D eigenvalue weighted by Crippen LogP contribution is 2.54. The lowest BCUT2D eigenvalue weighted by Gasteiger charge is -2.42. The molecule has 8 nitrogen and oxygen atoms in total. The second kappa shape index (κ2) is 22.0. The molecule has 10 rings (SSSR count). The van der Waals surface area contributed by atoms with Gasteiger partial charge in [-0.05, 0) is 147 Å². The SMILES string of the molecule is C/C=C\C=C(/C(=CC(C)C)N1C(=O)c2ccc3c4c(Oc5ccc(C(C)(C)CC(C)(C)C)cc5)cc5c6c(ccc(c7c(Oc8ccc(C(C)(C)CC(C)(C)C)cc8)cc(c2c37)C1=O)c64)C(=O)N(C1C(C(C)C)=CC=CC1C(C)C)C5=O)C(C)C. The second-order valence-corrected chi connectivity index (χ2v) is 29.4. The summed E-state index contributed by atoms with van der Waals surface area (Å²) in [6.45, 7) is 41.4. The fourth-order valence-electron chi connectivity index (χ4n) is 14.7. The summed E-state index contributed by atoms with van der Waals surface area (Å²) in [5, 5.41) is 5.00. The van der Waals surface area contributed by atoms with E-state index in [0.717, 1.165) is 24.0 Å². The molecule has 0 radical (unpaired) electrons. The molecule has 442 valence electrons. The molecule has 0 saturated carbocycles. The molecule has 2 heterocycles. The van der Waals surface area contributed by atoms with Crippen LogP contribution < -0.4 is 9.47 Å². The Hall–Kier alpha value is -7.58. The highest BCUT2D eigenvalue weighted by atomic mass is 16.5. The molecule has 8 heteroatoms. The first-order valence-electron chi connectivity index (χ1n) is 30.9. The van der Waals surface area contributed by atoms with Crippen LogP contribution in [0.4, 0.5) is 0 Å². The van der Waals surface area contributed by atoms with E-state index in [1.165, 1.54) is 20.9 Å². The maximum atomic E-state index is 16.0. The Morgan fingerprint density at radius 3 is 1.42 bits per heavy atom. The van der Waals surface area contributed by atoms with E-state index < -0.39 is 23.8 Å². The lowest BCUT2D eigenvalue weighted by Crippen LogP contribution is -2.52. The maximum absolute atomic E-state index is 16.0. The molecular formula is C77H88N2O6. The smallest absolute Gasteiger partial charge is 0.266 e. The molecule has 0 N–H and O–H groups in total. The van der Waals surface area contributed by atoms with E-state index in [1.54, 1.807) is 0 Å². The molecule has 2 aliphatic heterocycles. The van der Waals surface area contributed by atoms with Crippen LogP contribution in [0.2, 0.25) is 0 Å². The van der Waals surface area contributed by atoms with Crippen molar-refractivity contribution in [3.05, 3.63) is 178 Å². The zero-order valence-electron chi connectivity index (χ0n) is 53.8. The lowest BCUT2D eigenvalue weighted by molar-refractivity contribution is 0.0504. The Balaban J connectivity index is 1.29. The van der Waals surface area contributed by atoms with E-state index in [1.807, 2.05) is 91.9 Å². The van der Waals surface area contributed by atoms with Gasteiger partial charge in [-0.3, -0.25) is 24.1 Å². The number of nitrogens with zero attached hydrogens (tertiary/aromatic N) is 2. The summed E-state index contributed by atoms with van der Waals surface area (Å²) in [7, 11) is 0. The fourth-order valence-corrected chi connectivity index (χ4v) is 14.7. The van der Waals surface area contributed by atoms with E-state index in [0.29, 0.717) is 94.0 Å². The summed E-state index contributed by atoms with van der Waals surface area (Å²) in [5.41, 5.74) is 6.15. The molecule has 3 aliphatic rings. The predicted molar refractivity (Wildman–Crippen MR) is 351 cm³/mol. The van der Waals surface area contributed by atoms with Gasteiger partial charge in [-0.25, -0.2) is 4.90 Å². The highest BCUT2D eigenvalue weighted by Gasteiger charge is 2.46. The summed E-state index contributed by atoms with van der Waals surface area (Å²) < 4.78 is 14.4. The van der Waals surface area contributed by atoms with Gasteiger partial charge in [0.2, 0.25) is 0 Å². The van der Waals surface area contributed by atoms with Crippen LogP contribution in [-0.2, 0) is 10.8 Å². The van der Waals surface area contributed by atoms with Crippen molar-refractivity contribution in [1.29, 1.82) is 0 Å². The number of imide groups is 2. The number of carbonyl (C=O) groups is 4. The molecule has 2 atom stereocenters. The van der Waals surface area contributed by atoms with Crippen molar-refractivity contribution in [3.63, 3.8) is 0 Å². The Kier molecular flexibility index (Phi) is 15.7. The van der Waals surface area contributed by atoms with Crippen LogP contribution >= 0.6 is 0 Å². The zero-order valence-corrected chi connectivity index (χ0v) is 53.8. The van der Waals surface area contributed by atoms with Gasteiger partial charge in [0.05, 0.1) is 22.9 Å². The summed E-state index contributed by atoms with van der Waals surface area (Å²) >= 11 is 0. The fraction of sp³-hybridized carbons (Fsp3) is 0.403. The molecule has 7 aromatic rings. The first-order chi connectivity index (χ1) is 39.8. The quantitative estimate of drug-likeness (QED) is 0.0414. The molecule has 1 aliphatic carbocycles. The van der Waals surface area contributed by atoms with Crippen LogP contribution in [0.3, 0.4) is 0 Å². The Labute approximate surface area is 505 Å². The molecule has 85 heavy (non-hydrogen) atoms. The number of allylic oxidation sites excluding steroid dienone is 7. The highest BCUT2D eigenvalue weighted by molar-refractivity contribution is 6.43. The van der Waals surface area contributed by atoms with Crippen molar-refractivity contribution in [2.45, 2.75) is 161 Å². The van der Waals surface area contributed by atoms with E-state index in [9.17, 15) is 0 Å². The Morgan fingerprint density at radius 2 is 1.00 bits per heavy atom. The average molecular weight is 1140 g/mol. The number of rotatable bonds is 16. The molecule has 0 bridgehead atoms. The third-order valence-corrected chi connectivity index (χ3v) is 17.6.